The average Bonchev–Trinajstić information content (AvgIpc) is 2.94. The van der Waals surface area contributed by atoms with Crippen LogP contribution in [0, 0.1) is 0 Å². The number of aliphatic hydroxyl groups is 2. The van der Waals surface area contributed by atoms with Crippen molar-refractivity contribution in [1.29, 1.82) is 0 Å². The summed E-state index contributed by atoms with van der Waals surface area (Å²) in [4.78, 5) is 11.6. The van der Waals surface area contributed by atoms with Crippen LogP contribution in [0.3, 0.4) is 0 Å². The Bertz CT molecular complexity index is 897. The largest absolute Gasteiger partial charge is 0.507 e. The second kappa shape index (κ2) is 3.26. The molecule has 9 heteroatoms. The highest BCUT2D eigenvalue weighted by molar-refractivity contribution is 5.75. The zero-order chi connectivity index (χ0) is 13.9. The van der Waals surface area contributed by atoms with E-state index in [1.807, 2.05) is 0 Å². The molecule has 1 aromatic carbocycles. The molecule has 4 rings (SSSR count). The van der Waals surface area contributed by atoms with E-state index in [0.29, 0.717) is 10.4 Å². The molecule has 100 valence electrons. The molecule has 4 N–H and O–H groups in total. The summed E-state index contributed by atoms with van der Waals surface area (Å²) in [7, 11) is 0. The number of aromatic nitrogens is 3. The minimum Gasteiger partial charge on any atom is -0.507 e. The molecule has 0 bridgehead atoms. The summed E-state index contributed by atoms with van der Waals surface area (Å²) in [6.45, 7) is 0. The fraction of sp³-hybridized carbons (Fsp3) is 0.0909. The van der Waals surface area contributed by atoms with Crippen LogP contribution in [0.15, 0.2) is 39.3 Å². The Labute approximate surface area is 110 Å². The topological polar surface area (TPSA) is 128 Å². The molecule has 9 nitrogen and oxygen atoms in total. The highest BCUT2D eigenvalue weighted by Gasteiger charge is 2.47. The third kappa shape index (κ3) is 1.07. The Morgan fingerprint density at radius 3 is 2.45 bits per heavy atom. The number of H-pyrrole nitrogens is 1. The number of rotatable bonds is 0. The van der Waals surface area contributed by atoms with Gasteiger partial charge in [0.1, 0.15) is 0 Å². The molecular formula is C11H8N6O3. The van der Waals surface area contributed by atoms with Gasteiger partial charge in [0.2, 0.25) is 0 Å². The van der Waals surface area contributed by atoms with E-state index in [-0.39, 0.29) is 17.5 Å². The number of hydrogen-bond donors (Lipinski definition) is 4. The van der Waals surface area contributed by atoms with Gasteiger partial charge in [0, 0.05) is 10.4 Å². The molecule has 1 aliphatic heterocycles. The van der Waals surface area contributed by atoms with Crippen LogP contribution < -0.4 is 21.6 Å². The average molecular weight is 272 g/mol. The Hall–Kier alpha value is -3.10. The van der Waals surface area contributed by atoms with E-state index in [1.165, 1.54) is 0 Å². The summed E-state index contributed by atoms with van der Waals surface area (Å²) in [6.07, 6.45) is 0. The number of hydrogen-bond acceptors (Lipinski definition) is 7. The molecule has 20 heavy (non-hydrogen) atoms. The van der Waals surface area contributed by atoms with Crippen LogP contribution in [0.2, 0.25) is 0 Å². The molecule has 0 saturated heterocycles. The molecule has 0 fully saturated rings. The lowest BCUT2D eigenvalue weighted by Gasteiger charge is -2.28. The molecule has 0 atom stereocenters. The minimum absolute atomic E-state index is 0.0113. The number of benzene rings is 1. The molecule has 1 spiro atoms. The molecule has 1 aromatic heterocycles. The van der Waals surface area contributed by atoms with Gasteiger partial charge in [-0.2, -0.15) is 4.68 Å². The Morgan fingerprint density at radius 2 is 1.80 bits per heavy atom. The molecule has 0 saturated carbocycles. The Balaban J connectivity index is 2.04. The van der Waals surface area contributed by atoms with Gasteiger partial charge in [-0.3, -0.25) is 5.43 Å². The van der Waals surface area contributed by atoms with E-state index in [1.54, 1.807) is 24.3 Å². The quantitative estimate of drug-likeness (QED) is 0.486. The minimum atomic E-state index is -1.69. The first-order valence-corrected chi connectivity index (χ1v) is 5.74. The standard InChI is InChI=1S/C11H8N6O3/c18-7-5-3-1-2-4-6(5)8(19)11(7)15-13-9-12-14-10(20)17(9)16-11/h1-4,16,18-19H,(H,14,20). The van der Waals surface area contributed by atoms with Crippen LogP contribution in [-0.2, 0) is 0 Å². The van der Waals surface area contributed by atoms with Crippen molar-refractivity contribution in [1.82, 2.24) is 14.9 Å². The predicted molar refractivity (Wildman–Crippen MR) is 67.2 cm³/mol. The summed E-state index contributed by atoms with van der Waals surface area (Å²) in [5.74, 6) is -0.446. The second-order valence-corrected chi connectivity index (χ2v) is 4.43. The van der Waals surface area contributed by atoms with E-state index in [0.717, 1.165) is 4.68 Å². The Kier molecular flexibility index (Phi) is 1.76. The first-order chi connectivity index (χ1) is 9.63. The maximum Gasteiger partial charge on any atom is 0.363 e. The van der Waals surface area contributed by atoms with Gasteiger partial charge in [-0.15, -0.1) is 15.3 Å². The highest BCUT2D eigenvalue weighted by atomic mass is 16.3. The van der Waals surface area contributed by atoms with Gasteiger partial charge in [0.15, 0.2) is 11.5 Å². The van der Waals surface area contributed by atoms with Crippen molar-refractivity contribution in [3.8, 4) is 0 Å². The molecule has 0 amide bonds. The number of aromatic amines is 1. The van der Waals surface area contributed by atoms with Crippen LogP contribution in [-0.4, -0.2) is 30.7 Å². The van der Waals surface area contributed by atoms with Gasteiger partial charge < -0.3 is 10.2 Å². The lowest BCUT2D eigenvalue weighted by molar-refractivity contribution is 0.364. The highest BCUT2D eigenvalue weighted by Crippen LogP contribution is 2.32. The second-order valence-electron chi connectivity index (χ2n) is 4.43. The van der Waals surface area contributed by atoms with Gasteiger partial charge in [0.25, 0.3) is 11.6 Å². The van der Waals surface area contributed by atoms with E-state index in [2.05, 4.69) is 25.9 Å². The number of nitrogens with zero attached hydrogens (tertiary/aromatic N) is 4. The van der Waals surface area contributed by atoms with Gasteiger partial charge >= 0.3 is 5.69 Å². The lowest BCUT2D eigenvalue weighted by Crippen LogP contribution is -2.47. The summed E-state index contributed by atoms with van der Waals surface area (Å²) >= 11 is 0. The molecule has 2 aliphatic rings. The molecule has 1 aliphatic carbocycles. The van der Waals surface area contributed by atoms with Gasteiger partial charge in [0.05, 0.1) is 0 Å². The van der Waals surface area contributed by atoms with E-state index < -0.39 is 11.4 Å². The summed E-state index contributed by atoms with van der Waals surface area (Å²) in [5.41, 5.74) is 0.378. The summed E-state index contributed by atoms with van der Waals surface area (Å²) < 4.78 is 0.978. The third-order valence-corrected chi connectivity index (χ3v) is 3.34. The summed E-state index contributed by atoms with van der Waals surface area (Å²) in [6, 6.07) is 6.72. The SMILES string of the molecule is O=c1[nH]nc2n1NC1(N=N2)C(O)=c2ccccc2=C1O. The molecule has 2 aromatic rings. The number of azo groups is 1. The smallest absolute Gasteiger partial charge is 0.363 e. The van der Waals surface area contributed by atoms with Crippen LogP contribution in [0.4, 0.5) is 5.95 Å². The molecule has 0 unspecified atom stereocenters. The fourth-order valence-electron chi connectivity index (χ4n) is 2.36. The van der Waals surface area contributed by atoms with E-state index in [9.17, 15) is 15.0 Å². The van der Waals surface area contributed by atoms with Crippen molar-refractivity contribution >= 4 is 17.5 Å². The van der Waals surface area contributed by atoms with Crippen molar-refractivity contribution in [2.75, 3.05) is 5.43 Å². The maximum atomic E-state index is 11.6. The van der Waals surface area contributed by atoms with Crippen molar-refractivity contribution in [2.45, 2.75) is 5.66 Å². The zero-order valence-electron chi connectivity index (χ0n) is 9.90. The van der Waals surface area contributed by atoms with Crippen LogP contribution in [0.5, 0.6) is 0 Å². The predicted octanol–water partition coefficient (Wildman–Crippen LogP) is -1.05. The first kappa shape index (κ1) is 10.8. The summed E-state index contributed by atoms with van der Waals surface area (Å²) in [5, 5.41) is 35.0. The Morgan fingerprint density at radius 1 is 1.15 bits per heavy atom. The number of aliphatic hydroxyl groups excluding tert-OH is 2. The van der Waals surface area contributed by atoms with Crippen molar-refractivity contribution < 1.29 is 10.2 Å². The van der Waals surface area contributed by atoms with Crippen molar-refractivity contribution in [2.24, 2.45) is 10.2 Å². The first-order valence-electron chi connectivity index (χ1n) is 5.74. The van der Waals surface area contributed by atoms with Crippen molar-refractivity contribution in [3.63, 3.8) is 0 Å². The van der Waals surface area contributed by atoms with Gasteiger partial charge in [-0.25, -0.2) is 9.89 Å². The molecule has 2 heterocycles. The normalized spacial score (nSPS) is 18.0. The monoisotopic (exact) mass is 272 g/mol. The third-order valence-electron chi connectivity index (χ3n) is 3.34. The molecular weight excluding hydrogens is 264 g/mol. The van der Waals surface area contributed by atoms with Crippen molar-refractivity contribution in [3.05, 3.63) is 45.2 Å². The lowest BCUT2D eigenvalue weighted by atomic mass is 10.1. The number of fused-ring (bicyclic) bond motifs is 2. The van der Waals surface area contributed by atoms with Crippen LogP contribution in [0.25, 0.3) is 11.5 Å². The fourth-order valence-corrected chi connectivity index (χ4v) is 2.36. The van der Waals surface area contributed by atoms with Crippen LogP contribution in [0.1, 0.15) is 0 Å². The van der Waals surface area contributed by atoms with E-state index in [4.69, 9.17) is 0 Å². The van der Waals surface area contributed by atoms with Crippen LogP contribution >= 0.6 is 0 Å². The number of nitrogens with one attached hydrogen (secondary N) is 2. The van der Waals surface area contributed by atoms with Gasteiger partial charge in [-0.1, -0.05) is 24.3 Å². The molecule has 0 radical (unpaired) electrons. The zero-order valence-corrected chi connectivity index (χ0v) is 9.90. The van der Waals surface area contributed by atoms with Gasteiger partial charge in [-0.05, 0) is 0 Å². The maximum absolute atomic E-state index is 11.6. The van der Waals surface area contributed by atoms with E-state index >= 15 is 0 Å².